The number of aryl methyl sites for hydroxylation is 1. The van der Waals surface area contributed by atoms with Crippen molar-refractivity contribution < 1.29 is 0 Å². The van der Waals surface area contributed by atoms with Crippen LogP contribution >= 0.6 is 0 Å². The molecule has 0 aliphatic heterocycles. The minimum atomic E-state index is -0.384. The van der Waals surface area contributed by atoms with Crippen molar-refractivity contribution in [3.8, 4) is 44.8 Å². The van der Waals surface area contributed by atoms with Gasteiger partial charge in [-0.25, -0.2) is 4.98 Å². The van der Waals surface area contributed by atoms with Crippen molar-refractivity contribution >= 4 is 32.6 Å². The topological polar surface area (TPSA) is 17.8 Å². The molecule has 11 rings (SSSR count). The smallest absolute Gasteiger partial charge is 0.141 e. The Morgan fingerprint density at radius 1 is 0.480 bits per heavy atom. The molecule has 1 aromatic heterocycles. The fourth-order valence-corrected chi connectivity index (χ4v) is 9.28. The Morgan fingerprint density at radius 2 is 1.18 bits per heavy atom. The molecule has 0 bridgehead atoms. The van der Waals surface area contributed by atoms with E-state index >= 15 is 0 Å². The van der Waals surface area contributed by atoms with Crippen LogP contribution in [0.4, 0.5) is 0 Å². The molecule has 0 atom stereocenters. The van der Waals surface area contributed by atoms with Gasteiger partial charge in [0.1, 0.15) is 5.82 Å². The van der Waals surface area contributed by atoms with E-state index in [0.29, 0.717) is 0 Å². The van der Waals surface area contributed by atoms with Crippen LogP contribution in [0.15, 0.2) is 164 Å². The Balaban J connectivity index is 1.15. The van der Waals surface area contributed by atoms with Crippen LogP contribution in [0.25, 0.3) is 77.3 Å². The standard InChI is InChI=1S/C48H32N2/c1-2-50-45-21-10-9-20-44(45)49-47(50)34-14-11-13-31(26-34)32-22-23-33-28-39-43(29-35(33)27-32)48(42-25-24-30-12-3-4-15-36(30)46(39)42)40-18-7-5-16-37(40)38-17-6-8-19-41(38)48/h3-29H,2H2,1H3. The SMILES string of the molecule is CCn1c(-c2cccc(-c3ccc4cc5c(cc4c3)C3(c4ccccc4-c4ccccc43)c3ccc4ccccc4c3-5)c2)nc2ccccc21. The molecule has 234 valence electrons. The summed E-state index contributed by atoms with van der Waals surface area (Å²) in [4.78, 5) is 5.06. The zero-order valence-electron chi connectivity index (χ0n) is 27.7. The molecular weight excluding hydrogens is 605 g/mol. The van der Waals surface area contributed by atoms with Gasteiger partial charge in [-0.3, -0.25) is 0 Å². The molecule has 0 saturated carbocycles. The molecule has 8 aromatic carbocycles. The quantitative estimate of drug-likeness (QED) is 0.189. The van der Waals surface area contributed by atoms with E-state index in [4.69, 9.17) is 4.98 Å². The van der Waals surface area contributed by atoms with Crippen LogP contribution < -0.4 is 0 Å². The van der Waals surface area contributed by atoms with Crippen molar-refractivity contribution in [1.82, 2.24) is 9.55 Å². The molecule has 2 heteroatoms. The van der Waals surface area contributed by atoms with Crippen molar-refractivity contribution in [2.45, 2.75) is 18.9 Å². The van der Waals surface area contributed by atoms with Crippen LogP contribution in [0.5, 0.6) is 0 Å². The Labute approximate surface area is 290 Å². The Morgan fingerprint density at radius 3 is 2.02 bits per heavy atom. The molecular formula is C48H32N2. The van der Waals surface area contributed by atoms with E-state index < -0.39 is 0 Å². The second kappa shape index (κ2) is 10.1. The Kier molecular flexibility index (Phi) is 5.61. The fourth-order valence-electron chi connectivity index (χ4n) is 9.28. The van der Waals surface area contributed by atoms with Crippen molar-refractivity contribution in [2.24, 2.45) is 0 Å². The molecule has 2 aliphatic carbocycles. The third-order valence-electron chi connectivity index (χ3n) is 11.4. The van der Waals surface area contributed by atoms with Gasteiger partial charge in [-0.15, -0.1) is 0 Å². The van der Waals surface area contributed by atoms with E-state index in [2.05, 4.69) is 175 Å². The molecule has 9 aromatic rings. The molecule has 2 aliphatic rings. The molecule has 2 nitrogen and oxygen atoms in total. The molecule has 0 unspecified atom stereocenters. The van der Waals surface area contributed by atoms with Gasteiger partial charge in [0.15, 0.2) is 0 Å². The maximum absolute atomic E-state index is 5.06. The van der Waals surface area contributed by atoms with Gasteiger partial charge >= 0.3 is 0 Å². The lowest BCUT2D eigenvalue weighted by Crippen LogP contribution is -2.25. The van der Waals surface area contributed by atoms with E-state index in [1.165, 1.54) is 82.7 Å². The highest BCUT2D eigenvalue weighted by Gasteiger charge is 2.52. The second-order valence-electron chi connectivity index (χ2n) is 13.8. The number of aromatic nitrogens is 2. The Hall–Kier alpha value is -6.25. The van der Waals surface area contributed by atoms with Gasteiger partial charge in [0, 0.05) is 12.1 Å². The predicted octanol–water partition coefficient (Wildman–Crippen LogP) is 12.0. The van der Waals surface area contributed by atoms with E-state index in [1.807, 2.05) is 0 Å². The summed E-state index contributed by atoms with van der Waals surface area (Å²) in [5, 5.41) is 5.11. The number of para-hydroxylation sites is 2. The summed E-state index contributed by atoms with van der Waals surface area (Å²) in [6.07, 6.45) is 0. The van der Waals surface area contributed by atoms with Crippen LogP contribution in [0.3, 0.4) is 0 Å². The number of hydrogen-bond donors (Lipinski definition) is 0. The molecule has 0 fully saturated rings. The number of nitrogens with zero attached hydrogens (tertiary/aromatic N) is 2. The van der Waals surface area contributed by atoms with Crippen LogP contribution in [-0.2, 0) is 12.0 Å². The predicted molar refractivity (Wildman–Crippen MR) is 208 cm³/mol. The first kappa shape index (κ1) is 27.7. The second-order valence-corrected chi connectivity index (χ2v) is 13.8. The number of imidazole rings is 1. The first-order valence-electron chi connectivity index (χ1n) is 17.6. The first-order valence-corrected chi connectivity index (χ1v) is 17.6. The lowest BCUT2D eigenvalue weighted by atomic mass is 9.70. The lowest BCUT2D eigenvalue weighted by Gasteiger charge is -2.30. The van der Waals surface area contributed by atoms with Crippen LogP contribution in [0, 0.1) is 0 Å². The van der Waals surface area contributed by atoms with E-state index in [1.54, 1.807) is 0 Å². The van der Waals surface area contributed by atoms with E-state index in [-0.39, 0.29) is 5.41 Å². The minimum Gasteiger partial charge on any atom is -0.324 e. The van der Waals surface area contributed by atoms with Crippen LogP contribution in [0.2, 0.25) is 0 Å². The van der Waals surface area contributed by atoms with Gasteiger partial charge in [-0.2, -0.15) is 0 Å². The zero-order valence-corrected chi connectivity index (χ0v) is 27.7. The minimum absolute atomic E-state index is 0.384. The fraction of sp³-hybridized carbons (Fsp3) is 0.0625. The summed E-state index contributed by atoms with van der Waals surface area (Å²) >= 11 is 0. The highest BCUT2D eigenvalue weighted by Crippen LogP contribution is 2.64. The van der Waals surface area contributed by atoms with Crippen LogP contribution in [0.1, 0.15) is 29.2 Å². The monoisotopic (exact) mass is 636 g/mol. The molecule has 0 saturated heterocycles. The highest BCUT2D eigenvalue weighted by atomic mass is 15.1. The molecule has 0 radical (unpaired) electrons. The number of hydrogen-bond acceptors (Lipinski definition) is 1. The van der Waals surface area contributed by atoms with Gasteiger partial charge in [-0.1, -0.05) is 127 Å². The summed E-state index contributed by atoms with van der Waals surface area (Å²) in [5.41, 5.74) is 16.2. The molecule has 0 N–H and O–H groups in total. The van der Waals surface area contributed by atoms with E-state index in [9.17, 15) is 0 Å². The van der Waals surface area contributed by atoms with Crippen LogP contribution in [-0.4, -0.2) is 9.55 Å². The molecule has 1 spiro atoms. The normalized spacial score (nSPS) is 13.5. The maximum atomic E-state index is 5.06. The van der Waals surface area contributed by atoms with Gasteiger partial charge in [0.2, 0.25) is 0 Å². The van der Waals surface area contributed by atoms with Crippen molar-refractivity contribution in [3.05, 3.63) is 186 Å². The maximum Gasteiger partial charge on any atom is 0.141 e. The molecule has 1 heterocycles. The summed E-state index contributed by atoms with van der Waals surface area (Å²) in [6, 6.07) is 61.0. The number of fused-ring (bicyclic) bond motifs is 14. The van der Waals surface area contributed by atoms with Gasteiger partial charge in [0.05, 0.1) is 16.4 Å². The average molecular weight is 637 g/mol. The summed E-state index contributed by atoms with van der Waals surface area (Å²) in [6.45, 7) is 3.06. The van der Waals surface area contributed by atoms with Gasteiger partial charge in [-0.05, 0) is 121 Å². The summed E-state index contributed by atoms with van der Waals surface area (Å²) in [7, 11) is 0. The molecule has 0 amide bonds. The van der Waals surface area contributed by atoms with Gasteiger partial charge < -0.3 is 4.57 Å². The third-order valence-corrected chi connectivity index (χ3v) is 11.4. The van der Waals surface area contributed by atoms with Crippen molar-refractivity contribution in [1.29, 1.82) is 0 Å². The zero-order chi connectivity index (χ0) is 33.0. The first-order chi connectivity index (χ1) is 24.7. The number of rotatable bonds is 3. The van der Waals surface area contributed by atoms with Crippen molar-refractivity contribution in [2.75, 3.05) is 0 Å². The Bertz CT molecular complexity index is 2830. The largest absolute Gasteiger partial charge is 0.324 e. The number of benzene rings is 8. The highest BCUT2D eigenvalue weighted by molar-refractivity contribution is 6.08. The van der Waals surface area contributed by atoms with Crippen molar-refractivity contribution in [3.63, 3.8) is 0 Å². The summed E-state index contributed by atoms with van der Waals surface area (Å²) in [5.74, 6) is 1.01. The average Bonchev–Trinajstić information content (AvgIpc) is 3.81. The lowest BCUT2D eigenvalue weighted by molar-refractivity contribution is 0.795. The van der Waals surface area contributed by atoms with E-state index in [0.717, 1.165) is 23.4 Å². The van der Waals surface area contributed by atoms with Gasteiger partial charge in [0.25, 0.3) is 0 Å². The third kappa shape index (κ3) is 3.55. The summed E-state index contributed by atoms with van der Waals surface area (Å²) < 4.78 is 2.32. The molecule has 50 heavy (non-hydrogen) atoms.